The van der Waals surface area contributed by atoms with Crippen molar-refractivity contribution in [1.29, 1.82) is 0 Å². The van der Waals surface area contributed by atoms with Crippen LogP contribution in [0.25, 0.3) is 0 Å². The van der Waals surface area contributed by atoms with Crippen LogP contribution in [0.2, 0.25) is 0 Å². The van der Waals surface area contributed by atoms with Crippen molar-refractivity contribution in [2.45, 2.75) is 71.5 Å². The van der Waals surface area contributed by atoms with Crippen LogP contribution in [0.3, 0.4) is 0 Å². The number of rotatable bonds is 4. The number of carbonyl (C=O) groups excluding carboxylic acids is 2. The molecule has 2 aliphatic rings. The lowest BCUT2D eigenvalue weighted by Crippen LogP contribution is -2.49. The number of carbonyl (C=O) groups is 2. The summed E-state index contributed by atoms with van der Waals surface area (Å²) in [6.45, 7) is 8.58. The number of amides is 2. The van der Waals surface area contributed by atoms with Crippen LogP contribution < -0.4 is 5.32 Å². The van der Waals surface area contributed by atoms with Gasteiger partial charge in [-0.05, 0) is 43.2 Å². The van der Waals surface area contributed by atoms with Gasteiger partial charge in [-0.15, -0.1) is 0 Å². The van der Waals surface area contributed by atoms with Gasteiger partial charge in [0, 0.05) is 17.6 Å². The molecule has 1 saturated carbocycles. The summed E-state index contributed by atoms with van der Waals surface area (Å²) >= 11 is 0. The summed E-state index contributed by atoms with van der Waals surface area (Å²) in [7, 11) is 0. The van der Waals surface area contributed by atoms with E-state index in [0.29, 0.717) is 17.4 Å². The van der Waals surface area contributed by atoms with Crippen molar-refractivity contribution in [2.75, 3.05) is 0 Å². The highest BCUT2D eigenvalue weighted by Crippen LogP contribution is 2.37. The molecule has 4 nitrogen and oxygen atoms in total. The topological polar surface area (TPSA) is 49.4 Å². The molecule has 0 radical (unpaired) electrons. The van der Waals surface area contributed by atoms with Gasteiger partial charge in [0.1, 0.15) is 6.04 Å². The van der Waals surface area contributed by atoms with E-state index in [1.54, 1.807) is 4.90 Å². The van der Waals surface area contributed by atoms with E-state index in [0.717, 1.165) is 24.8 Å². The van der Waals surface area contributed by atoms with E-state index >= 15 is 0 Å². The van der Waals surface area contributed by atoms with Crippen LogP contribution in [0.1, 0.15) is 75.3 Å². The monoisotopic (exact) mass is 342 g/mol. The van der Waals surface area contributed by atoms with Crippen molar-refractivity contribution < 1.29 is 9.59 Å². The van der Waals surface area contributed by atoms with Gasteiger partial charge in [0.15, 0.2) is 0 Å². The van der Waals surface area contributed by atoms with E-state index in [2.05, 4.69) is 26.1 Å². The Balaban J connectivity index is 1.87. The molecule has 5 atom stereocenters. The van der Waals surface area contributed by atoms with Crippen molar-refractivity contribution in [3.63, 3.8) is 0 Å². The maximum atomic E-state index is 13.2. The van der Waals surface area contributed by atoms with Gasteiger partial charge in [-0.25, -0.2) is 0 Å². The predicted molar refractivity (Wildman–Crippen MR) is 99.2 cm³/mol. The SMILES string of the molecule is CCC(C)N1C(=O)c2ccccc2C1C(=O)NC1CCCC(C)C1C. The van der Waals surface area contributed by atoms with Crippen LogP contribution in [0.4, 0.5) is 0 Å². The third-order valence-corrected chi connectivity index (χ3v) is 6.35. The molecule has 1 aliphatic carbocycles. The number of benzene rings is 1. The second-order valence-corrected chi connectivity index (χ2v) is 7.84. The first-order valence-corrected chi connectivity index (χ1v) is 9.67. The zero-order chi connectivity index (χ0) is 18.1. The van der Waals surface area contributed by atoms with Crippen LogP contribution in [0, 0.1) is 11.8 Å². The van der Waals surface area contributed by atoms with Gasteiger partial charge in [0.05, 0.1) is 0 Å². The van der Waals surface area contributed by atoms with Gasteiger partial charge in [-0.1, -0.05) is 51.8 Å². The second-order valence-electron chi connectivity index (χ2n) is 7.84. The molecule has 25 heavy (non-hydrogen) atoms. The maximum absolute atomic E-state index is 13.2. The standard InChI is InChI=1S/C21H30N2O2/c1-5-14(3)23-19(16-10-6-7-11-17(16)21(23)25)20(24)22-18-12-8-9-13(2)15(18)4/h6-7,10-11,13-15,18-19H,5,8-9,12H2,1-4H3,(H,22,24). The number of hydrogen-bond donors (Lipinski definition) is 1. The Morgan fingerprint density at radius 1 is 1.28 bits per heavy atom. The molecule has 5 unspecified atom stereocenters. The minimum Gasteiger partial charge on any atom is -0.351 e. The average molecular weight is 342 g/mol. The minimum absolute atomic E-state index is 0.0184. The highest BCUT2D eigenvalue weighted by Gasteiger charge is 2.43. The Morgan fingerprint density at radius 2 is 2.00 bits per heavy atom. The Kier molecular flexibility index (Phi) is 5.16. The lowest BCUT2D eigenvalue weighted by molar-refractivity contribution is -0.127. The zero-order valence-corrected chi connectivity index (χ0v) is 15.8. The molecule has 0 aromatic heterocycles. The van der Waals surface area contributed by atoms with Crippen LogP contribution in [0.5, 0.6) is 0 Å². The Labute approximate surface area is 151 Å². The third-order valence-electron chi connectivity index (χ3n) is 6.35. The molecule has 0 spiro atoms. The van der Waals surface area contributed by atoms with Gasteiger partial charge in [-0.2, -0.15) is 0 Å². The lowest BCUT2D eigenvalue weighted by atomic mass is 9.78. The van der Waals surface area contributed by atoms with Crippen LogP contribution in [-0.4, -0.2) is 28.8 Å². The first-order chi connectivity index (χ1) is 12.0. The van der Waals surface area contributed by atoms with Crippen molar-refractivity contribution in [2.24, 2.45) is 11.8 Å². The number of fused-ring (bicyclic) bond motifs is 1. The molecule has 0 saturated heterocycles. The van der Waals surface area contributed by atoms with Gasteiger partial charge in [0.25, 0.3) is 5.91 Å². The third kappa shape index (κ3) is 3.19. The van der Waals surface area contributed by atoms with Gasteiger partial charge < -0.3 is 10.2 Å². The summed E-state index contributed by atoms with van der Waals surface area (Å²) < 4.78 is 0. The highest BCUT2D eigenvalue weighted by molar-refractivity contribution is 6.04. The molecule has 4 heteroatoms. The second kappa shape index (κ2) is 7.19. The Bertz CT molecular complexity index is 657. The van der Waals surface area contributed by atoms with Crippen molar-refractivity contribution in [3.05, 3.63) is 35.4 Å². The number of hydrogen-bond acceptors (Lipinski definition) is 2. The van der Waals surface area contributed by atoms with E-state index in [1.807, 2.05) is 31.2 Å². The molecule has 1 N–H and O–H groups in total. The van der Waals surface area contributed by atoms with Gasteiger partial charge in [0.2, 0.25) is 5.91 Å². The molecule has 3 rings (SSSR count). The molecule has 1 aromatic rings. The zero-order valence-electron chi connectivity index (χ0n) is 15.8. The van der Waals surface area contributed by atoms with Crippen LogP contribution in [0.15, 0.2) is 24.3 Å². The fourth-order valence-electron chi connectivity index (χ4n) is 4.30. The Hall–Kier alpha value is -1.84. The summed E-state index contributed by atoms with van der Waals surface area (Å²) in [5.74, 6) is 1.06. The Morgan fingerprint density at radius 3 is 2.72 bits per heavy atom. The summed E-state index contributed by atoms with van der Waals surface area (Å²) in [4.78, 5) is 27.8. The summed E-state index contributed by atoms with van der Waals surface area (Å²) in [5.41, 5.74) is 1.52. The van der Waals surface area contributed by atoms with E-state index < -0.39 is 6.04 Å². The molecule has 1 aliphatic heterocycles. The summed E-state index contributed by atoms with van der Waals surface area (Å²) in [6.07, 6.45) is 4.26. The van der Waals surface area contributed by atoms with E-state index in [1.165, 1.54) is 6.42 Å². The highest BCUT2D eigenvalue weighted by atomic mass is 16.2. The van der Waals surface area contributed by atoms with E-state index in [4.69, 9.17) is 0 Å². The van der Waals surface area contributed by atoms with Crippen LogP contribution in [-0.2, 0) is 4.79 Å². The quantitative estimate of drug-likeness (QED) is 0.901. The predicted octanol–water partition coefficient (Wildman–Crippen LogP) is 3.92. The molecule has 2 amide bonds. The number of nitrogens with one attached hydrogen (secondary N) is 1. The van der Waals surface area contributed by atoms with Gasteiger partial charge >= 0.3 is 0 Å². The lowest BCUT2D eigenvalue weighted by Gasteiger charge is -2.37. The minimum atomic E-state index is -0.497. The first-order valence-electron chi connectivity index (χ1n) is 9.67. The van der Waals surface area contributed by atoms with Gasteiger partial charge in [-0.3, -0.25) is 9.59 Å². The van der Waals surface area contributed by atoms with Crippen LogP contribution >= 0.6 is 0 Å². The molecular weight excluding hydrogens is 312 g/mol. The molecular formula is C21H30N2O2. The molecule has 1 aromatic carbocycles. The van der Waals surface area contributed by atoms with E-state index in [-0.39, 0.29) is 23.9 Å². The van der Waals surface area contributed by atoms with Crippen molar-refractivity contribution in [3.8, 4) is 0 Å². The number of nitrogens with zero attached hydrogens (tertiary/aromatic N) is 1. The van der Waals surface area contributed by atoms with Crippen molar-refractivity contribution >= 4 is 11.8 Å². The fraction of sp³-hybridized carbons (Fsp3) is 0.619. The fourth-order valence-corrected chi connectivity index (χ4v) is 4.30. The largest absolute Gasteiger partial charge is 0.351 e. The van der Waals surface area contributed by atoms with Crippen molar-refractivity contribution in [1.82, 2.24) is 10.2 Å². The molecule has 1 fully saturated rings. The van der Waals surface area contributed by atoms with E-state index in [9.17, 15) is 9.59 Å². The first kappa shape index (κ1) is 18.0. The summed E-state index contributed by atoms with van der Waals surface area (Å²) in [6, 6.07) is 7.30. The molecule has 1 heterocycles. The molecule has 0 bridgehead atoms. The smallest absolute Gasteiger partial charge is 0.255 e. The maximum Gasteiger partial charge on any atom is 0.255 e. The molecule has 136 valence electrons. The average Bonchev–Trinajstić information content (AvgIpc) is 2.91. The normalized spacial score (nSPS) is 30.1. The summed E-state index contributed by atoms with van der Waals surface area (Å²) in [5, 5.41) is 3.28.